The number of anilines is 1. The second-order valence-corrected chi connectivity index (χ2v) is 8.76. The number of carbonyl (C=O) groups excluding carboxylic acids is 1. The van der Waals surface area contributed by atoms with Crippen LogP contribution in [-0.2, 0) is 11.2 Å². The summed E-state index contributed by atoms with van der Waals surface area (Å²) < 4.78 is 28.2. The van der Waals surface area contributed by atoms with Gasteiger partial charge in [-0.25, -0.2) is 13.8 Å². The van der Waals surface area contributed by atoms with Crippen LogP contribution in [0.1, 0.15) is 12.0 Å². The van der Waals surface area contributed by atoms with Gasteiger partial charge in [-0.3, -0.25) is 9.69 Å². The van der Waals surface area contributed by atoms with E-state index in [9.17, 15) is 13.6 Å². The minimum absolute atomic E-state index is 0.0944. The van der Waals surface area contributed by atoms with Gasteiger partial charge < -0.3 is 4.90 Å². The number of aromatic nitrogens is 1. The Morgan fingerprint density at radius 3 is 2.61 bits per heavy atom. The number of rotatable bonds is 7. The summed E-state index contributed by atoms with van der Waals surface area (Å²) >= 11 is 1.14. The first-order valence-electron chi connectivity index (χ1n) is 10.1. The van der Waals surface area contributed by atoms with Gasteiger partial charge in [-0.2, -0.15) is 0 Å². The van der Waals surface area contributed by atoms with E-state index < -0.39 is 11.6 Å². The Labute approximate surface area is 183 Å². The van der Waals surface area contributed by atoms with Crippen LogP contribution in [0.4, 0.5) is 13.9 Å². The fourth-order valence-corrected chi connectivity index (χ4v) is 4.69. The maximum absolute atomic E-state index is 14.2. The average molecular weight is 440 g/mol. The third-order valence-corrected chi connectivity index (χ3v) is 6.17. The summed E-state index contributed by atoms with van der Waals surface area (Å²) in [4.78, 5) is 21.4. The van der Waals surface area contributed by atoms with Crippen LogP contribution in [0.15, 0.2) is 54.6 Å². The predicted octanol–water partition coefficient (Wildman–Crippen LogP) is 5.26. The van der Waals surface area contributed by atoms with Gasteiger partial charge in [-0.1, -0.05) is 53.8 Å². The SMILES string of the molecule is CN(C)CCCN(C(=O)Cc1cccc2ccccc12)c1nc2c(F)cc(F)cc2s1. The first-order valence-corrected chi connectivity index (χ1v) is 10.9. The smallest absolute Gasteiger partial charge is 0.233 e. The number of amides is 1. The molecule has 0 saturated heterocycles. The topological polar surface area (TPSA) is 36.4 Å². The van der Waals surface area contributed by atoms with Gasteiger partial charge in [0.05, 0.1) is 11.1 Å². The molecule has 0 N–H and O–H groups in total. The predicted molar refractivity (Wildman–Crippen MR) is 123 cm³/mol. The van der Waals surface area contributed by atoms with Crippen LogP contribution in [0.5, 0.6) is 0 Å². The summed E-state index contributed by atoms with van der Waals surface area (Å²) in [5.41, 5.74) is 1.02. The van der Waals surface area contributed by atoms with Crippen molar-refractivity contribution >= 4 is 43.4 Å². The number of thiazole rings is 1. The zero-order chi connectivity index (χ0) is 22.0. The lowest BCUT2D eigenvalue weighted by atomic mass is 10.0. The lowest BCUT2D eigenvalue weighted by Crippen LogP contribution is -2.34. The Morgan fingerprint density at radius 1 is 1.03 bits per heavy atom. The Bertz CT molecular complexity index is 1230. The third kappa shape index (κ3) is 4.73. The van der Waals surface area contributed by atoms with E-state index in [1.54, 1.807) is 4.90 Å². The van der Waals surface area contributed by atoms with Crippen molar-refractivity contribution in [2.45, 2.75) is 12.8 Å². The van der Waals surface area contributed by atoms with E-state index in [-0.39, 0.29) is 17.8 Å². The summed E-state index contributed by atoms with van der Waals surface area (Å²) in [7, 11) is 3.94. The fraction of sp³-hybridized carbons (Fsp3) is 0.250. The molecule has 160 valence electrons. The summed E-state index contributed by atoms with van der Waals surface area (Å²) in [6, 6.07) is 15.9. The van der Waals surface area contributed by atoms with Gasteiger partial charge in [0.1, 0.15) is 11.3 Å². The highest BCUT2D eigenvalue weighted by Crippen LogP contribution is 2.32. The molecule has 0 unspecified atom stereocenters. The molecule has 4 aromatic rings. The normalized spacial score (nSPS) is 11.5. The Morgan fingerprint density at radius 2 is 1.81 bits per heavy atom. The molecular formula is C24H23F2N3OS. The van der Waals surface area contributed by atoms with Crippen LogP contribution >= 0.6 is 11.3 Å². The van der Waals surface area contributed by atoms with Crippen molar-refractivity contribution in [2.75, 3.05) is 32.1 Å². The summed E-state index contributed by atoms with van der Waals surface area (Å²) in [5.74, 6) is -1.48. The number of benzene rings is 3. The van der Waals surface area contributed by atoms with Gasteiger partial charge in [-0.05, 0) is 49.5 Å². The summed E-state index contributed by atoms with van der Waals surface area (Å²) in [6.45, 7) is 1.25. The second-order valence-electron chi connectivity index (χ2n) is 7.75. The van der Waals surface area contributed by atoms with E-state index in [0.717, 1.165) is 46.7 Å². The first-order chi connectivity index (χ1) is 14.9. The quantitative estimate of drug-likeness (QED) is 0.394. The van der Waals surface area contributed by atoms with Crippen molar-refractivity contribution < 1.29 is 13.6 Å². The monoisotopic (exact) mass is 439 g/mol. The van der Waals surface area contributed by atoms with E-state index in [1.807, 2.05) is 61.5 Å². The number of hydrogen-bond donors (Lipinski definition) is 0. The van der Waals surface area contributed by atoms with Gasteiger partial charge in [0, 0.05) is 12.6 Å². The van der Waals surface area contributed by atoms with E-state index in [0.29, 0.717) is 16.4 Å². The second kappa shape index (κ2) is 9.08. The van der Waals surface area contributed by atoms with E-state index in [2.05, 4.69) is 4.98 Å². The van der Waals surface area contributed by atoms with Gasteiger partial charge in [-0.15, -0.1) is 0 Å². The molecule has 0 aliphatic heterocycles. The fourth-order valence-electron chi connectivity index (χ4n) is 3.64. The molecular weight excluding hydrogens is 416 g/mol. The molecule has 0 aliphatic carbocycles. The van der Waals surface area contributed by atoms with Gasteiger partial charge in [0.2, 0.25) is 5.91 Å². The highest BCUT2D eigenvalue weighted by atomic mass is 32.1. The number of hydrogen-bond acceptors (Lipinski definition) is 4. The van der Waals surface area contributed by atoms with E-state index >= 15 is 0 Å². The molecule has 4 rings (SSSR count). The maximum Gasteiger partial charge on any atom is 0.233 e. The van der Waals surface area contributed by atoms with E-state index in [4.69, 9.17) is 0 Å². The van der Waals surface area contributed by atoms with Crippen LogP contribution in [0, 0.1) is 11.6 Å². The standard InChI is InChI=1S/C24H23F2N3OS/c1-28(2)11-6-12-29(24-27-23-20(26)14-18(25)15-21(23)31-24)22(30)13-17-9-5-8-16-7-3-4-10-19(16)17/h3-5,7-10,14-15H,6,11-13H2,1-2H3. The minimum atomic E-state index is -0.716. The zero-order valence-corrected chi connectivity index (χ0v) is 18.3. The molecule has 0 saturated carbocycles. The van der Waals surface area contributed by atoms with Crippen LogP contribution < -0.4 is 4.90 Å². The highest BCUT2D eigenvalue weighted by molar-refractivity contribution is 7.22. The molecule has 1 heterocycles. The lowest BCUT2D eigenvalue weighted by molar-refractivity contribution is -0.118. The molecule has 31 heavy (non-hydrogen) atoms. The first kappa shape index (κ1) is 21.3. The highest BCUT2D eigenvalue weighted by Gasteiger charge is 2.22. The van der Waals surface area contributed by atoms with Gasteiger partial charge in [0.25, 0.3) is 0 Å². The molecule has 0 bridgehead atoms. The molecule has 0 radical (unpaired) electrons. The van der Waals surface area contributed by atoms with Crippen LogP contribution in [0.25, 0.3) is 21.0 Å². The van der Waals surface area contributed by atoms with Crippen LogP contribution in [0.3, 0.4) is 0 Å². The number of halogens is 2. The van der Waals surface area contributed by atoms with Gasteiger partial charge in [0.15, 0.2) is 10.9 Å². The van der Waals surface area contributed by atoms with Gasteiger partial charge >= 0.3 is 0 Å². The number of nitrogens with zero attached hydrogens (tertiary/aromatic N) is 3. The summed E-state index contributed by atoms with van der Waals surface area (Å²) in [6.07, 6.45) is 0.942. The molecule has 0 atom stereocenters. The third-order valence-electron chi connectivity index (χ3n) is 5.14. The van der Waals surface area contributed by atoms with Crippen LogP contribution in [0.2, 0.25) is 0 Å². The van der Waals surface area contributed by atoms with Crippen molar-refractivity contribution in [3.8, 4) is 0 Å². The number of fused-ring (bicyclic) bond motifs is 2. The maximum atomic E-state index is 14.2. The Hall–Kier alpha value is -2.90. The molecule has 1 aromatic heterocycles. The lowest BCUT2D eigenvalue weighted by Gasteiger charge is -2.21. The molecule has 0 fully saturated rings. The van der Waals surface area contributed by atoms with Crippen LogP contribution in [-0.4, -0.2) is 43.0 Å². The van der Waals surface area contributed by atoms with Crippen molar-refractivity contribution in [3.63, 3.8) is 0 Å². The van der Waals surface area contributed by atoms with Crippen molar-refractivity contribution in [1.29, 1.82) is 0 Å². The molecule has 0 aliphatic rings. The zero-order valence-electron chi connectivity index (χ0n) is 17.4. The Kier molecular flexibility index (Phi) is 6.25. The van der Waals surface area contributed by atoms with Crippen molar-refractivity contribution in [1.82, 2.24) is 9.88 Å². The van der Waals surface area contributed by atoms with Crippen molar-refractivity contribution in [2.24, 2.45) is 0 Å². The molecule has 1 amide bonds. The molecule has 3 aromatic carbocycles. The summed E-state index contributed by atoms with van der Waals surface area (Å²) in [5, 5.41) is 2.50. The minimum Gasteiger partial charge on any atom is -0.309 e. The molecule has 0 spiro atoms. The number of carbonyl (C=O) groups is 1. The van der Waals surface area contributed by atoms with E-state index in [1.165, 1.54) is 6.07 Å². The molecule has 7 heteroatoms. The average Bonchev–Trinajstić information content (AvgIpc) is 3.15. The largest absolute Gasteiger partial charge is 0.309 e. The Balaban J connectivity index is 1.67. The molecule has 4 nitrogen and oxygen atoms in total. The van der Waals surface area contributed by atoms with Crippen molar-refractivity contribution in [3.05, 3.63) is 71.8 Å².